The van der Waals surface area contributed by atoms with Crippen LogP contribution in [0.5, 0.6) is 17.2 Å². The molecule has 2 aromatic carbocycles. The predicted octanol–water partition coefficient (Wildman–Crippen LogP) is 3.21. The van der Waals surface area contributed by atoms with Crippen molar-refractivity contribution in [3.8, 4) is 28.4 Å². The van der Waals surface area contributed by atoms with Crippen LogP contribution in [0, 0.1) is 0 Å². The first kappa shape index (κ1) is 19.1. The number of nitrogen functional groups attached to an aromatic ring is 1. The van der Waals surface area contributed by atoms with Crippen LogP contribution in [-0.4, -0.2) is 36.0 Å². The lowest BCUT2D eigenvalue weighted by molar-refractivity contribution is 0.239. The third-order valence-corrected chi connectivity index (χ3v) is 5.46. The van der Waals surface area contributed by atoms with Gasteiger partial charge in [-0.05, 0) is 29.3 Å². The Hall–Kier alpha value is -3.19. The number of aromatic nitrogens is 2. The Balaban J connectivity index is 1.75. The minimum absolute atomic E-state index is 0.631. The van der Waals surface area contributed by atoms with E-state index in [1.807, 2.05) is 42.2 Å². The van der Waals surface area contributed by atoms with Gasteiger partial charge < -0.3 is 19.9 Å². The number of fused-ring (bicyclic) bond motifs is 3. The molecule has 0 spiro atoms. The molecule has 0 aliphatic carbocycles. The number of benzene rings is 2. The molecule has 0 unspecified atom stereocenters. The summed E-state index contributed by atoms with van der Waals surface area (Å²) < 4.78 is 18.3. The van der Waals surface area contributed by atoms with Crippen LogP contribution in [0.4, 0.5) is 5.69 Å². The van der Waals surface area contributed by atoms with Crippen molar-refractivity contribution in [2.24, 2.45) is 7.05 Å². The van der Waals surface area contributed by atoms with Gasteiger partial charge in [-0.2, -0.15) is 5.10 Å². The smallest absolute Gasteiger partial charge is 0.142 e. The van der Waals surface area contributed by atoms with Crippen molar-refractivity contribution in [3.05, 3.63) is 53.3 Å². The van der Waals surface area contributed by atoms with Crippen LogP contribution < -0.4 is 19.9 Å². The molecule has 1 aliphatic rings. The zero-order valence-corrected chi connectivity index (χ0v) is 17.2. The number of ether oxygens (including phenoxy) is 3. The minimum atomic E-state index is 0.631. The van der Waals surface area contributed by atoms with E-state index in [0.29, 0.717) is 11.4 Å². The van der Waals surface area contributed by atoms with Crippen molar-refractivity contribution >= 4 is 5.69 Å². The summed E-state index contributed by atoms with van der Waals surface area (Å²) in [6, 6.07) is 9.96. The Morgan fingerprint density at radius 1 is 0.966 bits per heavy atom. The van der Waals surface area contributed by atoms with Gasteiger partial charge in [0.15, 0.2) is 0 Å². The van der Waals surface area contributed by atoms with Gasteiger partial charge in [0.25, 0.3) is 0 Å². The highest BCUT2D eigenvalue weighted by Crippen LogP contribution is 2.38. The molecular weight excluding hydrogens is 368 g/mol. The number of anilines is 1. The average Bonchev–Trinajstić information content (AvgIpc) is 3.01. The third kappa shape index (κ3) is 3.49. The number of nitrogens with two attached hydrogens (primary N) is 1. The predicted molar refractivity (Wildman–Crippen MR) is 112 cm³/mol. The van der Waals surface area contributed by atoms with Crippen molar-refractivity contribution in [3.63, 3.8) is 0 Å². The van der Waals surface area contributed by atoms with Gasteiger partial charge in [0, 0.05) is 43.9 Å². The van der Waals surface area contributed by atoms with Crippen molar-refractivity contribution in [1.29, 1.82) is 0 Å². The normalized spacial score (nSPS) is 13.4. The van der Waals surface area contributed by atoms with Crippen molar-refractivity contribution < 1.29 is 14.2 Å². The Kier molecular flexibility index (Phi) is 5.07. The van der Waals surface area contributed by atoms with E-state index in [4.69, 9.17) is 19.9 Å². The molecule has 4 rings (SSSR count). The molecule has 2 heterocycles. The molecule has 1 aromatic heterocycles. The summed E-state index contributed by atoms with van der Waals surface area (Å²) in [5, 5.41) is 4.49. The third-order valence-electron chi connectivity index (χ3n) is 5.46. The fraction of sp³-hybridized carbons (Fsp3) is 0.318. The van der Waals surface area contributed by atoms with Gasteiger partial charge in [-0.3, -0.25) is 9.58 Å². The standard InChI is InChI=1S/C22H26N4O3/c1-25-20-13-26(11-14-5-6-16(27-2)8-21(14)28-3)12-15-7-22(29-4)19(23)9-17(15)18(20)10-24-25/h5-10H,11-13,23H2,1-4H3. The number of rotatable bonds is 5. The minimum Gasteiger partial charge on any atom is -0.497 e. The Morgan fingerprint density at radius 3 is 2.48 bits per heavy atom. The molecule has 7 heteroatoms. The first-order chi connectivity index (χ1) is 14.0. The van der Waals surface area contributed by atoms with Crippen LogP contribution in [0.1, 0.15) is 16.8 Å². The molecule has 3 aromatic rings. The monoisotopic (exact) mass is 394 g/mol. The van der Waals surface area contributed by atoms with E-state index in [9.17, 15) is 0 Å². The van der Waals surface area contributed by atoms with E-state index in [1.54, 1.807) is 21.3 Å². The largest absolute Gasteiger partial charge is 0.497 e. The average molecular weight is 394 g/mol. The van der Waals surface area contributed by atoms with Gasteiger partial charge in [0.2, 0.25) is 0 Å². The highest BCUT2D eigenvalue weighted by atomic mass is 16.5. The molecule has 0 atom stereocenters. The van der Waals surface area contributed by atoms with Gasteiger partial charge in [-0.25, -0.2) is 0 Å². The van der Waals surface area contributed by atoms with E-state index in [1.165, 1.54) is 0 Å². The zero-order valence-electron chi connectivity index (χ0n) is 17.2. The van der Waals surface area contributed by atoms with Crippen molar-refractivity contribution in [2.45, 2.75) is 19.6 Å². The topological polar surface area (TPSA) is 74.8 Å². The van der Waals surface area contributed by atoms with Gasteiger partial charge in [-0.1, -0.05) is 6.07 Å². The maximum Gasteiger partial charge on any atom is 0.142 e. The Labute approximate surface area is 170 Å². The second-order valence-electron chi connectivity index (χ2n) is 7.20. The van der Waals surface area contributed by atoms with Crippen LogP contribution in [0.2, 0.25) is 0 Å². The lowest BCUT2D eigenvalue weighted by Crippen LogP contribution is -2.23. The first-order valence-corrected chi connectivity index (χ1v) is 9.45. The number of hydrogen-bond donors (Lipinski definition) is 1. The van der Waals surface area contributed by atoms with Gasteiger partial charge in [0.05, 0.1) is 38.9 Å². The Bertz CT molecular complexity index is 1040. The summed E-state index contributed by atoms with van der Waals surface area (Å²) in [4.78, 5) is 2.37. The molecule has 0 saturated heterocycles. The summed E-state index contributed by atoms with van der Waals surface area (Å²) in [5.41, 5.74) is 12.5. The number of nitrogens with zero attached hydrogens (tertiary/aromatic N) is 3. The summed E-state index contributed by atoms with van der Waals surface area (Å²) in [7, 11) is 6.96. The first-order valence-electron chi connectivity index (χ1n) is 9.45. The zero-order chi connectivity index (χ0) is 20.5. The van der Waals surface area contributed by atoms with Crippen LogP contribution in [0.25, 0.3) is 11.1 Å². The fourth-order valence-electron chi connectivity index (χ4n) is 3.92. The molecule has 0 bridgehead atoms. The van der Waals surface area contributed by atoms with Crippen molar-refractivity contribution in [2.75, 3.05) is 27.1 Å². The molecule has 29 heavy (non-hydrogen) atoms. The van der Waals surface area contributed by atoms with Gasteiger partial charge >= 0.3 is 0 Å². The SMILES string of the molecule is COc1ccc(CN2Cc3cc(OC)c(N)cc3-c3cnn(C)c3C2)c(OC)c1. The number of methoxy groups -OCH3 is 3. The summed E-state index contributed by atoms with van der Waals surface area (Å²) in [5.74, 6) is 2.29. The van der Waals surface area contributed by atoms with Crippen LogP contribution >= 0.6 is 0 Å². The maximum absolute atomic E-state index is 6.20. The lowest BCUT2D eigenvalue weighted by Gasteiger charge is -2.23. The van der Waals surface area contributed by atoms with Gasteiger partial charge in [0.1, 0.15) is 17.2 Å². The molecule has 0 amide bonds. The molecule has 2 N–H and O–H groups in total. The summed E-state index contributed by atoms with van der Waals surface area (Å²) in [6.07, 6.45) is 1.91. The molecule has 1 aliphatic heterocycles. The van der Waals surface area contributed by atoms with E-state index in [0.717, 1.165) is 59.1 Å². The molecule has 0 radical (unpaired) electrons. The van der Waals surface area contributed by atoms with E-state index < -0.39 is 0 Å². The second-order valence-corrected chi connectivity index (χ2v) is 7.20. The molecule has 152 valence electrons. The quantitative estimate of drug-likeness (QED) is 0.670. The highest BCUT2D eigenvalue weighted by Gasteiger charge is 2.24. The second kappa shape index (κ2) is 7.67. The van der Waals surface area contributed by atoms with Gasteiger partial charge in [-0.15, -0.1) is 0 Å². The fourth-order valence-corrected chi connectivity index (χ4v) is 3.92. The number of aryl methyl sites for hydroxylation is 1. The molecule has 0 fully saturated rings. The molecule has 0 saturated carbocycles. The summed E-state index contributed by atoms with van der Waals surface area (Å²) >= 11 is 0. The van der Waals surface area contributed by atoms with Crippen molar-refractivity contribution in [1.82, 2.24) is 14.7 Å². The van der Waals surface area contributed by atoms with E-state index >= 15 is 0 Å². The number of hydrogen-bond acceptors (Lipinski definition) is 6. The van der Waals surface area contributed by atoms with Crippen LogP contribution in [0.3, 0.4) is 0 Å². The summed E-state index contributed by atoms with van der Waals surface area (Å²) in [6.45, 7) is 2.25. The molecular formula is C22H26N4O3. The van der Waals surface area contributed by atoms with Crippen LogP contribution in [-0.2, 0) is 26.7 Å². The molecule has 7 nitrogen and oxygen atoms in total. The lowest BCUT2D eigenvalue weighted by atomic mass is 10.00. The highest BCUT2D eigenvalue weighted by molar-refractivity contribution is 5.76. The maximum atomic E-state index is 6.20. The van der Waals surface area contributed by atoms with E-state index in [2.05, 4.69) is 16.1 Å². The van der Waals surface area contributed by atoms with Crippen LogP contribution in [0.15, 0.2) is 36.5 Å². The van der Waals surface area contributed by atoms with E-state index in [-0.39, 0.29) is 0 Å². The Morgan fingerprint density at radius 2 is 1.76 bits per heavy atom.